The largest absolute Gasteiger partial charge is 0.396 e. The number of nitrogens with one attached hydrogen (secondary N) is 1. The third kappa shape index (κ3) is 3.61. The molecule has 0 amide bonds. The minimum Gasteiger partial charge on any atom is -0.396 e. The Morgan fingerprint density at radius 2 is 2.05 bits per heavy atom. The summed E-state index contributed by atoms with van der Waals surface area (Å²) in [7, 11) is 0. The first-order valence-corrected chi connectivity index (χ1v) is 6.93. The van der Waals surface area contributed by atoms with E-state index in [1.54, 1.807) is 6.20 Å². The second kappa shape index (κ2) is 7.12. The standard InChI is InChI=1S/C14H23N5O/c1-12-4-2-3-5-16-17-14(13(12)15)19-8-6-18(7-9-19)10-11-20/h2-5,17,20H,6-11,15H2,1H3. The van der Waals surface area contributed by atoms with Gasteiger partial charge in [0, 0.05) is 38.9 Å². The fourth-order valence-electron chi connectivity index (χ4n) is 2.31. The lowest BCUT2D eigenvalue weighted by atomic mass is 10.2. The molecule has 0 bridgehead atoms. The molecule has 0 aromatic carbocycles. The molecule has 6 heteroatoms. The molecule has 1 fully saturated rings. The van der Waals surface area contributed by atoms with Crippen LogP contribution in [0.1, 0.15) is 5.56 Å². The monoisotopic (exact) mass is 277 g/mol. The number of aromatic amines is 1. The normalized spacial score (nSPS) is 16.0. The number of H-pyrrole nitrogens is 1. The molecule has 1 aliphatic rings. The van der Waals surface area contributed by atoms with Crippen molar-refractivity contribution < 1.29 is 5.11 Å². The molecule has 110 valence electrons. The third-order valence-corrected chi connectivity index (χ3v) is 3.57. The van der Waals surface area contributed by atoms with Gasteiger partial charge in [-0.25, -0.2) is 0 Å². The lowest BCUT2D eigenvalue weighted by Gasteiger charge is -2.35. The Bertz CT molecular complexity index is 478. The molecule has 1 aliphatic heterocycles. The quantitative estimate of drug-likeness (QED) is 0.751. The highest BCUT2D eigenvalue weighted by molar-refractivity contribution is 5.65. The number of rotatable bonds is 3. The number of anilines is 2. The molecule has 2 rings (SSSR count). The Labute approximate surface area is 119 Å². The number of piperazine rings is 1. The summed E-state index contributed by atoms with van der Waals surface area (Å²) in [6.45, 7) is 6.53. The predicted molar refractivity (Wildman–Crippen MR) is 81.1 cm³/mol. The third-order valence-electron chi connectivity index (χ3n) is 3.57. The Kier molecular flexibility index (Phi) is 5.20. The number of β-amino-alcohol motifs (C(OH)–C–C–N with tert-alkyl or cyclic N) is 1. The number of hydrogen-bond acceptors (Lipinski definition) is 5. The molecule has 0 unspecified atom stereocenters. The Morgan fingerprint density at radius 1 is 1.30 bits per heavy atom. The second-order valence-corrected chi connectivity index (χ2v) is 4.94. The summed E-state index contributed by atoms with van der Waals surface area (Å²) < 4.78 is 0. The van der Waals surface area contributed by atoms with E-state index < -0.39 is 0 Å². The maximum absolute atomic E-state index is 8.98. The molecule has 1 aromatic heterocycles. The minimum absolute atomic E-state index is 0.209. The zero-order valence-electron chi connectivity index (χ0n) is 11.9. The summed E-state index contributed by atoms with van der Waals surface area (Å²) in [5, 5.41) is 16.2. The number of hydrogen-bond donors (Lipinski definition) is 3. The summed E-state index contributed by atoms with van der Waals surface area (Å²) in [6, 6.07) is 5.78. The van der Waals surface area contributed by atoms with Crippen molar-refractivity contribution in [2.45, 2.75) is 6.92 Å². The van der Waals surface area contributed by atoms with Gasteiger partial charge in [-0.05, 0) is 18.6 Å². The molecule has 6 nitrogen and oxygen atoms in total. The first-order valence-electron chi connectivity index (χ1n) is 6.93. The van der Waals surface area contributed by atoms with Crippen LogP contribution in [0.5, 0.6) is 0 Å². The van der Waals surface area contributed by atoms with E-state index >= 15 is 0 Å². The van der Waals surface area contributed by atoms with Crippen LogP contribution in [-0.4, -0.2) is 59.5 Å². The van der Waals surface area contributed by atoms with Gasteiger partial charge < -0.3 is 15.7 Å². The van der Waals surface area contributed by atoms with Crippen molar-refractivity contribution in [1.82, 2.24) is 15.1 Å². The van der Waals surface area contributed by atoms with Crippen LogP contribution >= 0.6 is 0 Å². The van der Waals surface area contributed by atoms with Crippen LogP contribution in [0.3, 0.4) is 0 Å². The van der Waals surface area contributed by atoms with E-state index in [0.717, 1.165) is 49.8 Å². The van der Waals surface area contributed by atoms with E-state index in [1.807, 2.05) is 25.1 Å². The molecular weight excluding hydrogens is 254 g/mol. The highest BCUT2D eigenvalue weighted by Gasteiger charge is 2.18. The number of nitrogens with two attached hydrogens (primary N) is 1. The molecule has 2 heterocycles. The van der Waals surface area contributed by atoms with Crippen LogP contribution in [0.2, 0.25) is 0 Å². The van der Waals surface area contributed by atoms with Crippen LogP contribution in [-0.2, 0) is 0 Å². The lowest BCUT2D eigenvalue weighted by Crippen LogP contribution is -2.47. The van der Waals surface area contributed by atoms with Crippen molar-refractivity contribution >= 4 is 11.5 Å². The molecule has 0 spiro atoms. The van der Waals surface area contributed by atoms with E-state index in [4.69, 9.17) is 10.8 Å². The molecule has 20 heavy (non-hydrogen) atoms. The van der Waals surface area contributed by atoms with Gasteiger partial charge in [0.25, 0.3) is 0 Å². The number of nitrogen functional groups attached to an aromatic ring is 1. The summed E-state index contributed by atoms with van der Waals surface area (Å²) in [4.78, 5) is 4.46. The summed E-state index contributed by atoms with van der Waals surface area (Å²) >= 11 is 0. The van der Waals surface area contributed by atoms with Crippen LogP contribution in [0.25, 0.3) is 0 Å². The average Bonchev–Trinajstić information content (AvgIpc) is 2.54. The Hall–Kier alpha value is -1.79. The van der Waals surface area contributed by atoms with Gasteiger partial charge in [-0.3, -0.25) is 10.00 Å². The zero-order valence-corrected chi connectivity index (χ0v) is 11.9. The molecule has 0 aliphatic carbocycles. The zero-order chi connectivity index (χ0) is 14.4. The maximum atomic E-state index is 8.98. The topological polar surface area (TPSA) is 81.4 Å². The van der Waals surface area contributed by atoms with E-state index in [2.05, 4.69) is 20.0 Å². The van der Waals surface area contributed by atoms with Gasteiger partial charge in [0.05, 0.1) is 12.3 Å². The number of aliphatic hydroxyl groups is 1. The van der Waals surface area contributed by atoms with Crippen molar-refractivity contribution in [3.8, 4) is 0 Å². The van der Waals surface area contributed by atoms with Gasteiger partial charge >= 0.3 is 0 Å². The number of aromatic nitrogens is 2. The molecule has 0 atom stereocenters. The highest BCUT2D eigenvalue weighted by Crippen LogP contribution is 2.22. The fraction of sp³-hybridized carbons (Fsp3) is 0.500. The molecule has 0 radical (unpaired) electrons. The van der Waals surface area contributed by atoms with E-state index in [9.17, 15) is 0 Å². The van der Waals surface area contributed by atoms with Crippen molar-refractivity contribution in [2.24, 2.45) is 0 Å². The number of nitrogens with zero attached hydrogens (tertiary/aromatic N) is 3. The summed E-state index contributed by atoms with van der Waals surface area (Å²) in [6.07, 6.45) is 1.71. The first kappa shape index (κ1) is 14.6. The summed E-state index contributed by atoms with van der Waals surface area (Å²) in [5.74, 6) is 0.863. The average molecular weight is 277 g/mol. The van der Waals surface area contributed by atoms with Crippen molar-refractivity contribution in [3.05, 3.63) is 30.0 Å². The molecule has 1 aromatic rings. The van der Waals surface area contributed by atoms with Gasteiger partial charge in [-0.15, -0.1) is 0 Å². The van der Waals surface area contributed by atoms with Crippen LogP contribution in [0.4, 0.5) is 11.5 Å². The predicted octanol–water partition coefficient (Wildman–Crippen LogP) is 0.539. The van der Waals surface area contributed by atoms with E-state index in [-0.39, 0.29) is 6.61 Å². The number of aliphatic hydroxyl groups excluding tert-OH is 1. The van der Waals surface area contributed by atoms with Crippen LogP contribution in [0, 0.1) is 6.92 Å². The van der Waals surface area contributed by atoms with Crippen molar-refractivity contribution in [3.63, 3.8) is 0 Å². The summed E-state index contributed by atoms with van der Waals surface area (Å²) in [5.41, 5.74) is 7.98. The van der Waals surface area contributed by atoms with Gasteiger partial charge in [0.1, 0.15) is 5.82 Å². The molecule has 4 N–H and O–H groups in total. The first-order chi connectivity index (χ1) is 9.72. The molecule has 1 saturated heterocycles. The van der Waals surface area contributed by atoms with Crippen LogP contribution < -0.4 is 10.6 Å². The fourth-order valence-corrected chi connectivity index (χ4v) is 2.31. The van der Waals surface area contributed by atoms with Gasteiger partial charge in [0.15, 0.2) is 0 Å². The molecule has 0 saturated carbocycles. The van der Waals surface area contributed by atoms with Gasteiger partial charge in [-0.2, -0.15) is 5.10 Å². The highest BCUT2D eigenvalue weighted by atomic mass is 16.3. The Morgan fingerprint density at radius 3 is 2.75 bits per heavy atom. The number of aryl methyl sites for hydroxylation is 1. The van der Waals surface area contributed by atoms with Gasteiger partial charge in [0.2, 0.25) is 0 Å². The second-order valence-electron chi connectivity index (χ2n) is 4.94. The molecular formula is C14H23N5O. The minimum atomic E-state index is 0.209. The van der Waals surface area contributed by atoms with Crippen molar-refractivity contribution in [2.75, 3.05) is 50.0 Å². The van der Waals surface area contributed by atoms with E-state index in [1.165, 1.54) is 0 Å². The maximum Gasteiger partial charge on any atom is 0.146 e. The van der Waals surface area contributed by atoms with Crippen LogP contribution in [0.15, 0.2) is 24.4 Å². The van der Waals surface area contributed by atoms with Crippen molar-refractivity contribution in [1.29, 1.82) is 0 Å². The SMILES string of the molecule is Cc1ccccn[nH]c(N2CCN(CCO)CC2)c1N. The van der Waals surface area contributed by atoms with Gasteiger partial charge in [-0.1, -0.05) is 12.1 Å². The Balaban J connectivity index is 2.22. The lowest BCUT2D eigenvalue weighted by molar-refractivity contribution is 0.188. The smallest absolute Gasteiger partial charge is 0.146 e. The van der Waals surface area contributed by atoms with E-state index in [0.29, 0.717) is 0 Å².